The number of nitrogens with one attached hydrogen (secondary N) is 1. The van der Waals surface area contributed by atoms with Gasteiger partial charge in [0.05, 0.1) is 15.1 Å². The largest absolute Gasteiger partial charge is 0.313 e. The van der Waals surface area contributed by atoms with E-state index in [0.29, 0.717) is 16.5 Å². The third kappa shape index (κ3) is 3.64. The predicted octanol–water partition coefficient (Wildman–Crippen LogP) is 5.29. The zero-order valence-electron chi connectivity index (χ0n) is 10.8. The minimum absolute atomic E-state index is 0.0287. The molecule has 0 bridgehead atoms. The Labute approximate surface area is 132 Å². The van der Waals surface area contributed by atoms with Crippen molar-refractivity contribution in [2.24, 2.45) is 0 Å². The molecule has 0 aliphatic carbocycles. The molecule has 0 spiro atoms. The molecule has 0 radical (unpaired) electrons. The number of rotatable bonds is 4. The van der Waals surface area contributed by atoms with Crippen molar-refractivity contribution in [1.82, 2.24) is 5.32 Å². The van der Waals surface area contributed by atoms with Gasteiger partial charge < -0.3 is 5.32 Å². The molecule has 0 amide bonds. The molecule has 0 saturated carbocycles. The highest BCUT2D eigenvalue weighted by Crippen LogP contribution is 2.27. The first kappa shape index (κ1) is 15.6. The third-order valence-electron chi connectivity index (χ3n) is 3.12. The van der Waals surface area contributed by atoms with Crippen LogP contribution in [0.2, 0.25) is 15.1 Å². The summed E-state index contributed by atoms with van der Waals surface area (Å²) in [6.45, 7) is 0. The van der Waals surface area contributed by atoms with Crippen LogP contribution in [0.4, 0.5) is 4.39 Å². The lowest BCUT2D eigenvalue weighted by atomic mass is 9.99. The second-order valence-corrected chi connectivity index (χ2v) is 5.69. The Morgan fingerprint density at radius 3 is 2.30 bits per heavy atom. The molecule has 106 valence electrons. The van der Waals surface area contributed by atoms with Crippen molar-refractivity contribution < 1.29 is 4.39 Å². The van der Waals surface area contributed by atoms with Crippen LogP contribution in [0.15, 0.2) is 36.4 Å². The standard InChI is InChI=1S/C15H13Cl3FN/c1-20-15(10-3-5-12(17)14(19)8-10)7-9-2-4-11(16)13(18)6-9/h2-6,8,15,20H,7H2,1H3. The average Bonchev–Trinajstić information content (AvgIpc) is 2.43. The fourth-order valence-corrected chi connectivity index (χ4v) is 2.46. The van der Waals surface area contributed by atoms with Gasteiger partial charge in [0.25, 0.3) is 0 Å². The molecule has 5 heteroatoms. The summed E-state index contributed by atoms with van der Waals surface area (Å²) in [6.07, 6.45) is 0.675. The highest BCUT2D eigenvalue weighted by Gasteiger charge is 2.13. The van der Waals surface area contributed by atoms with E-state index in [2.05, 4.69) is 5.32 Å². The lowest BCUT2D eigenvalue weighted by Gasteiger charge is -2.17. The van der Waals surface area contributed by atoms with Crippen molar-refractivity contribution in [2.75, 3.05) is 7.05 Å². The van der Waals surface area contributed by atoms with Gasteiger partial charge >= 0.3 is 0 Å². The Kier molecular flexibility index (Phi) is 5.28. The summed E-state index contributed by atoms with van der Waals surface area (Å²) in [5.74, 6) is -0.418. The van der Waals surface area contributed by atoms with Crippen LogP contribution in [-0.4, -0.2) is 7.05 Å². The summed E-state index contributed by atoms with van der Waals surface area (Å²) in [5, 5.41) is 4.32. The highest BCUT2D eigenvalue weighted by molar-refractivity contribution is 6.42. The lowest BCUT2D eigenvalue weighted by Crippen LogP contribution is -2.19. The van der Waals surface area contributed by atoms with Crippen LogP contribution in [0.5, 0.6) is 0 Å². The summed E-state index contributed by atoms with van der Waals surface area (Å²) >= 11 is 17.6. The maximum atomic E-state index is 13.5. The quantitative estimate of drug-likeness (QED) is 0.802. The van der Waals surface area contributed by atoms with Crippen LogP contribution < -0.4 is 5.32 Å². The molecule has 0 aliphatic heterocycles. The van der Waals surface area contributed by atoms with Gasteiger partial charge in [-0.2, -0.15) is 0 Å². The van der Waals surface area contributed by atoms with Crippen LogP contribution in [0, 0.1) is 5.82 Å². The molecule has 2 aromatic rings. The summed E-state index contributed by atoms with van der Waals surface area (Å²) in [7, 11) is 1.83. The monoisotopic (exact) mass is 331 g/mol. The fourth-order valence-electron chi connectivity index (χ4n) is 2.02. The molecule has 0 aromatic heterocycles. The molecule has 1 atom stereocenters. The SMILES string of the molecule is CNC(Cc1ccc(Cl)c(Cl)c1)c1ccc(Cl)c(F)c1. The third-order valence-corrected chi connectivity index (χ3v) is 4.16. The van der Waals surface area contributed by atoms with Crippen LogP contribution in [0.1, 0.15) is 17.2 Å². The van der Waals surface area contributed by atoms with E-state index in [1.165, 1.54) is 6.07 Å². The summed E-state index contributed by atoms with van der Waals surface area (Å²) in [5.41, 5.74) is 1.86. The molecular formula is C15H13Cl3FN. The smallest absolute Gasteiger partial charge is 0.142 e. The van der Waals surface area contributed by atoms with Gasteiger partial charge in [-0.05, 0) is 48.9 Å². The molecule has 0 heterocycles. The van der Waals surface area contributed by atoms with Gasteiger partial charge in [0.1, 0.15) is 5.82 Å². The van der Waals surface area contributed by atoms with Crippen molar-refractivity contribution in [3.63, 3.8) is 0 Å². The number of hydrogen-bond acceptors (Lipinski definition) is 1. The van der Waals surface area contributed by atoms with Gasteiger partial charge in [0, 0.05) is 6.04 Å². The van der Waals surface area contributed by atoms with E-state index >= 15 is 0 Å². The predicted molar refractivity (Wildman–Crippen MR) is 83.4 cm³/mol. The second kappa shape index (κ2) is 6.77. The minimum Gasteiger partial charge on any atom is -0.313 e. The van der Waals surface area contributed by atoms with E-state index in [1.54, 1.807) is 12.1 Å². The van der Waals surface area contributed by atoms with Gasteiger partial charge in [-0.25, -0.2) is 4.39 Å². The lowest BCUT2D eigenvalue weighted by molar-refractivity contribution is 0.577. The number of hydrogen-bond donors (Lipinski definition) is 1. The Morgan fingerprint density at radius 1 is 1.00 bits per heavy atom. The van der Waals surface area contributed by atoms with Crippen molar-refractivity contribution >= 4 is 34.8 Å². The number of likely N-dealkylation sites (N-methyl/N-ethyl adjacent to an activating group) is 1. The van der Waals surface area contributed by atoms with Gasteiger partial charge in [-0.1, -0.05) is 46.9 Å². The van der Waals surface area contributed by atoms with Crippen LogP contribution in [0.3, 0.4) is 0 Å². The zero-order chi connectivity index (χ0) is 14.7. The average molecular weight is 333 g/mol. The van der Waals surface area contributed by atoms with Crippen molar-refractivity contribution in [3.8, 4) is 0 Å². The van der Waals surface area contributed by atoms with E-state index in [-0.39, 0.29) is 11.1 Å². The highest BCUT2D eigenvalue weighted by atomic mass is 35.5. The maximum absolute atomic E-state index is 13.5. The summed E-state index contributed by atoms with van der Waals surface area (Å²) in [6, 6.07) is 10.3. The first-order chi connectivity index (χ1) is 9.51. The Morgan fingerprint density at radius 2 is 1.70 bits per heavy atom. The number of benzene rings is 2. The van der Waals surface area contributed by atoms with E-state index in [1.807, 2.05) is 25.2 Å². The first-order valence-electron chi connectivity index (χ1n) is 6.07. The molecule has 0 aliphatic rings. The van der Waals surface area contributed by atoms with Crippen molar-refractivity contribution in [2.45, 2.75) is 12.5 Å². The summed E-state index contributed by atoms with van der Waals surface area (Å²) < 4.78 is 13.5. The minimum atomic E-state index is -0.418. The second-order valence-electron chi connectivity index (χ2n) is 4.47. The maximum Gasteiger partial charge on any atom is 0.142 e. The van der Waals surface area contributed by atoms with E-state index in [0.717, 1.165) is 11.1 Å². The van der Waals surface area contributed by atoms with Crippen LogP contribution in [0.25, 0.3) is 0 Å². The van der Waals surface area contributed by atoms with Gasteiger partial charge in [-0.3, -0.25) is 0 Å². The van der Waals surface area contributed by atoms with E-state index in [9.17, 15) is 4.39 Å². The van der Waals surface area contributed by atoms with Gasteiger partial charge in [0.15, 0.2) is 0 Å². The summed E-state index contributed by atoms with van der Waals surface area (Å²) in [4.78, 5) is 0. The molecule has 1 nitrogen and oxygen atoms in total. The molecule has 0 saturated heterocycles. The van der Waals surface area contributed by atoms with Gasteiger partial charge in [-0.15, -0.1) is 0 Å². The molecule has 1 unspecified atom stereocenters. The normalized spacial score (nSPS) is 12.4. The van der Waals surface area contributed by atoms with E-state index in [4.69, 9.17) is 34.8 Å². The molecule has 2 rings (SSSR count). The molecule has 1 N–H and O–H groups in total. The van der Waals surface area contributed by atoms with E-state index < -0.39 is 5.82 Å². The Bertz CT molecular complexity index is 616. The molecule has 20 heavy (non-hydrogen) atoms. The molecule has 2 aromatic carbocycles. The first-order valence-corrected chi connectivity index (χ1v) is 7.21. The fraction of sp³-hybridized carbons (Fsp3) is 0.200. The Hall–Kier alpha value is -0.800. The molecular weight excluding hydrogens is 320 g/mol. The van der Waals surface area contributed by atoms with Crippen molar-refractivity contribution in [3.05, 3.63) is 68.4 Å². The van der Waals surface area contributed by atoms with Crippen LogP contribution >= 0.6 is 34.8 Å². The topological polar surface area (TPSA) is 12.0 Å². The zero-order valence-corrected chi connectivity index (χ0v) is 13.0. The van der Waals surface area contributed by atoms with Gasteiger partial charge in [0.2, 0.25) is 0 Å². The Balaban J connectivity index is 2.23. The van der Waals surface area contributed by atoms with Crippen LogP contribution in [-0.2, 0) is 6.42 Å². The number of halogens is 4. The van der Waals surface area contributed by atoms with Crippen molar-refractivity contribution in [1.29, 1.82) is 0 Å². The molecule has 0 fully saturated rings.